The standard InChI is InChI=1S/C31H41N5O3/c1-19(2)28(36-18-27(33-34-36)31(5,6)7)30(39)35-17-24(37)16-26(35)29(38)32-21(4)22-12-14-23(15-13-22)25-11-9-8-10-20(25)3/h8-15,18-19,21,24,26,28,37H,16-17H2,1-7H3,(H,32,38)/t21-,24+,26-,28-/m0/s1. The summed E-state index contributed by atoms with van der Waals surface area (Å²) in [4.78, 5) is 28.8. The first-order valence-corrected chi connectivity index (χ1v) is 13.7. The number of β-amino-alcohol motifs (C(OH)–C–C–N with tert-alkyl or cyclic N) is 1. The van der Waals surface area contributed by atoms with Gasteiger partial charge in [-0.05, 0) is 42.0 Å². The van der Waals surface area contributed by atoms with Crippen LogP contribution in [-0.2, 0) is 15.0 Å². The zero-order chi connectivity index (χ0) is 28.5. The number of likely N-dealkylation sites (tertiary alicyclic amines) is 1. The van der Waals surface area contributed by atoms with E-state index in [2.05, 4.69) is 46.8 Å². The molecule has 2 amide bonds. The lowest BCUT2D eigenvalue weighted by molar-refractivity contribution is -0.142. The largest absolute Gasteiger partial charge is 0.391 e. The third kappa shape index (κ3) is 6.22. The van der Waals surface area contributed by atoms with Crippen molar-refractivity contribution in [1.29, 1.82) is 0 Å². The van der Waals surface area contributed by atoms with Gasteiger partial charge in [0.05, 0.1) is 17.8 Å². The molecule has 4 rings (SSSR count). The molecule has 1 aromatic heterocycles. The Morgan fingerprint density at radius 2 is 1.72 bits per heavy atom. The second kappa shape index (κ2) is 11.3. The van der Waals surface area contributed by atoms with E-state index < -0.39 is 18.2 Å². The highest BCUT2D eigenvalue weighted by Gasteiger charge is 2.43. The van der Waals surface area contributed by atoms with E-state index in [9.17, 15) is 14.7 Å². The summed E-state index contributed by atoms with van der Waals surface area (Å²) >= 11 is 0. The van der Waals surface area contributed by atoms with Gasteiger partial charge in [0.2, 0.25) is 11.8 Å². The van der Waals surface area contributed by atoms with Gasteiger partial charge >= 0.3 is 0 Å². The van der Waals surface area contributed by atoms with E-state index in [0.717, 1.165) is 16.8 Å². The molecule has 1 aliphatic rings. The van der Waals surface area contributed by atoms with Crippen molar-refractivity contribution >= 4 is 11.8 Å². The van der Waals surface area contributed by atoms with E-state index in [0.29, 0.717) is 0 Å². The molecular weight excluding hydrogens is 490 g/mol. The van der Waals surface area contributed by atoms with E-state index in [1.54, 1.807) is 4.68 Å². The molecule has 2 N–H and O–H groups in total. The van der Waals surface area contributed by atoms with Crippen molar-refractivity contribution in [3.8, 4) is 11.1 Å². The third-order valence-corrected chi connectivity index (χ3v) is 7.54. The monoisotopic (exact) mass is 531 g/mol. The lowest BCUT2D eigenvalue weighted by Crippen LogP contribution is -2.49. The molecule has 1 aliphatic heterocycles. The van der Waals surface area contributed by atoms with Crippen molar-refractivity contribution in [2.75, 3.05) is 6.54 Å². The van der Waals surface area contributed by atoms with E-state index in [-0.39, 0.29) is 42.2 Å². The Labute approximate surface area is 231 Å². The molecule has 2 aromatic carbocycles. The van der Waals surface area contributed by atoms with Crippen LogP contribution in [0, 0.1) is 12.8 Å². The van der Waals surface area contributed by atoms with Crippen molar-refractivity contribution in [3.63, 3.8) is 0 Å². The number of amides is 2. The summed E-state index contributed by atoms with van der Waals surface area (Å²) in [6.07, 6.45) is 1.25. The molecule has 8 nitrogen and oxygen atoms in total. The Kier molecular flexibility index (Phi) is 8.25. The minimum Gasteiger partial charge on any atom is -0.391 e. The number of benzene rings is 2. The third-order valence-electron chi connectivity index (χ3n) is 7.54. The summed E-state index contributed by atoms with van der Waals surface area (Å²) in [6.45, 7) is 14.2. The average molecular weight is 532 g/mol. The predicted molar refractivity (Wildman–Crippen MR) is 152 cm³/mol. The second-order valence-electron chi connectivity index (χ2n) is 12.1. The molecule has 0 radical (unpaired) electrons. The number of aliphatic hydroxyl groups excluding tert-OH is 1. The van der Waals surface area contributed by atoms with Crippen LogP contribution in [0.1, 0.15) is 76.9 Å². The topological polar surface area (TPSA) is 100 Å². The van der Waals surface area contributed by atoms with Gasteiger partial charge in [0, 0.05) is 24.6 Å². The first-order chi connectivity index (χ1) is 18.4. The van der Waals surface area contributed by atoms with Crippen LogP contribution in [0.25, 0.3) is 11.1 Å². The van der Waals surface area contributed by atoms with Gasteiger partial charge in [-0.1, -0.05) is 88.4 Å². The Bertz CT molecular complexity index is 1310. The molecule has 0 saturated carbocycles. The molecule has 0 spiro atoms. The highest BCUT2D eigenvalue weighted by Crippen LogP contribution is 2.29. The van der Waals surface area contributed by atoms with Gasteiger partial charge < -0.3 is 15.3 Å². The minimum atomic E-state index is -0.762. The first kappa shape index (κ1) is 28.5. The number of carbonyl (C=O) groups excluding carboxylic acids is 2. The molecule has 8 heteroatoms. The van der Waals surface area contributed by atoms with Gasteiger partial charge in [-0.25, -0.2) is 4.68 Å². The number of aliphatic hydroxyl groups is 1. The first-order valence-electron chi connectivity index (χ1n) is 13.7. The summed E-state index contributed by atoms with van der Waals surface area (Å²) < 4.78 is 1.60. The van der Waals surface area contributed by atoms with Crippen LogP contribution in [-0.4, -0.2) is 55.5 Å². The molecule has 3 aromatic rings. The maximum atomic E-state index is 13.8. The minimum absolute atomic E-state index is 0.0841. The van der Waals surface area contributed by atoms with Crippen molar-refractivity contribution < 1.29 is 14.7 Å². The second-order valence-corrected chi connectivity index (χ2v) is 12.1. The lowest BCUT2D eigenvalue weighted by Gasteiger charge is -2.30. The SMILES string of the molecule is Cc1ccccc1-c1ccc([C@H](C)NC(=O)[C@@H]2C[C@@H](O)CN2C(=O)[C@H](C(C)C)n2cc(C(C)(C)C)nn2)cc1. The molecular formula is C31H41N5O3. The Hall–Kier alpha value is -3.52. The van der Waals surface area contributed by atoms with Crippen LogP contribution >= 0.6 is 0 Å². The predicted octanol–water partition coefficient (Wildman–Crippen LogP) is 4.59. The van der Waals surface area contributed by atoms with Gasteiger partial charge in [-0.2, -0.15) is 0 Å². The zero-order valence-electron chi connectivity index (χ0n) is 24.0. The van der Waals surface area contributed by atoms with Crippen molar-refractivity contribution in [2.45, 2.75) is 84.5 Å². The highest BCUT2D eigenvalue weighted by atomic mass is 16.3. The van der Waals surface area contributed by atoms with E-state index in [1.807, 2.05) is 72.0 Å². The number of nitrogens with zero attached hydrogens (tertiary/aromatic N) is 4. The molecule has 0 unspecified atom stereocenters. The zero-order valence-corrected chi connectivity index (χ0v) is 24.0. The fourth-order valence-electron chi connectivity index (χ4n) is 5.18. The summed E-state index contributed by atoms with van der Waals surface area (Å²) in [5.41, 5.74) is 5.05. The number of hydrogen-bond donors (Lipinski definition) is 2. The van der Waals surface area contributed by atoms with Crippen LogP contribution in [0.2, 0.25) is 0 Å². The maximum Gasteiger partial charge on any atom is 0.248 e. The van der Waals surface area contributed by atoms with Crippen LogP contribution in [0.4, 0.5) is 0 Å². The Balaban J connectivity index is 1.49. The molecule has 4 atom stereocenters. The number of nitrogens with one attached hydrogen (secondary N) is 1. The summed E-state index contributed by atoms with van der Waals surface area (Å²) in [5, 5.41) is 22.1. The fraction of sp³-hybridized carbons (Fsp3) is 0.484. The summed E-state index contributed by atoms with van der Waals surface area (Å²) in [6, 6.07) is 14.8. The van der Waals surface area contributed by atoms with Gasteiger partial charge in [-0.3, -0.25) is 9.59 Å². The summed E-state index contributed by atoms with van der Waals surface area (Å²) in [7, 11) is 0. The van der Waals surface area contributed by atoms with Crippen molar-refractivity contribution in [3.05, 3.63) is 71.5 Å². The Morgan fingerprint density at radius 3 is 2.31 bits per heavy atom. The van der Waals surface area contributed by atoms with Crippen molar-refractivity contribution in [1.82, 2.24) is 25.2 Å². The number of aromatic nitrogens is 3. The lowest BCUT2D eigenvalue weighted by atomic mass is 9.93. The number of rotatable bonds is 7. The molecule has 39 heavy (non-hydrogen) atoms. The van der Waals surface area contributed by atoms with E-state index >= 15 is 0 Å². The smallest absolute Gasteiger partial charge is 0.248 e. The fourth-order valence-corrected chi connectivity index (χ4v) is 5.18. The normalized spacial score (nSPS) is 19.3. The van der Waals surface area contributed by atoms with Crippen LogP contribution < -0.4 is 5.32 Å². The van der Waals surface area contributed by atoms with Gasteiger partial charge in [0.15, 0.2) is 0 Å². The molecule has 1 fully saturated rings. The Morgan fingerprint density at radius 1 is 1.05 bits per heavy atom. The van der Waals surface area contributed by atoms with Gasteiger partial charge in [-0.15, -0.1) is 5.10 Å². The number of hydrogen-bond acceptors (Lipinski definition) is 5. The molecule has 1 saturated heterocycles. The number of aryl methyl sites for hydroxylation is 1. The molecule has 0 aliphatic carbocycles. The van der Waals surface area contributed by atoms with Crippen LogP contribution in [0.15, 0.2) is 54.7 Å². The van der Waals surface area contributed by atoms with Crippen LogP contribution in [0.3, 0.4) is 0 Å². The van der Waals surface area contributed by atoms with Gasteiger partial charge in [0.25, 0.3) is 0 Å². The molecule has 2 heterocycles. The van der Waals surface area contributed by atoms with E-state index in [1.165, 1.54) is 16.0 Å². The molecule has 208 valence electrons. The van der Waals surface area contributed by atoms with Crippen molar-refractivity contribution in [2.24, 2.45) is 5.92 Å². The highest BCUT2D eigenvalue weighted by molar-refractivity contribution is 5.90. The average Bonchev–Trinajstić information content (AvgIpc) is 3.51. The number of carbonyl (C=O) groups is 2. The maximum absolute atomic E-state index is 13.8. The van der Waals surface area contributed by atoms with Gasteiger partial charge in [0.1, 0.15) is 12.1 Å². The molecule has 0 bridgehead atoms. The van der Waals surface area contributed by atoms with E-state index in [4.69, 9.17) is 0 Å². The van der Waals surface area contributed by atoms with Crippen LogP contribution in [0.5, 0.6) is 0 Å². The summed E-state index contributed by atoms with van der Waals surface area (Å²) in [5.74, 6) is -0.590. The quantitative estimate of drug-likeness (QED) is 0.465.